The molecule has 3 N–H and O–H groups in total. The Morgan fingerprint density at radius 3 is 1.36 bits per heavy atom. The Bertz CT molecular complexity index is 2980. The van der Waals surface area contributed by atoms with Gasteiger partial charge in [0.2, 0.25) is 0 Å². The Morgan fingerprint density at radius 2 is 0.786 bits per heavy atom. The van der Waals surface area contributed by atoms with Gasteiger partial charge < -0.3 is 15.3 Å². The minimum Gasteiger partial charge on any atom is -0.505 e. The summed E-state index contributed by atoms with van der Waals surface area (Å²) in [6, 6.07) is 17.9. The summed E-state index contributed by atoms with van der Waals surface area (Å²) < 4.78 is 4.86. The standard InChI is InChI=1S/C13H7Br2ClN2O.C13H7BrCl2N2O.C12H5Br3N2O/c1-5-2-8(16)11-12(13(5)19)18-10-4-7(15)6(14)3-9(10)17-11;1-5-2-6(14)11-12(13(5)19)18-10-4-8(16)7(15)3-9(10)17-11;13-5-1-2-8-9(3-5)17-11-10(16-8)6(14)4-7(15)12(11)18/h2*2-4,19H,1H3;1-4,18H. The molecule has 0 aliphatic carbocycles. The molecule has 0 aliphatic rings. The van der Waals surface area contributed by atoms with E-state index in [1.807, 2.05) is 30.3 Å². The molecule has 0 bridgehead atoms. The molecular weight excluding hydrogens is 1170 g/mol. The van der Waals surface area contributed by atoms with Crippen molar-refractivity contribution in [2.45, 2.75) is 13.8 Å². The molecule has 0 saturated heterocycles. The lowest BCUT2D eigenvalue weighted by atomic mass is 10.1. The summed E-state index contributed by atoms with van der Waals surface area (Å²) >= 11 is 38.5. The molecule has 3 heterocycles. The maximum absolute atomic E-state index is 10.1. The molecule has 56 heavy (non-hydrogen) atoms. The number of phenolic OH excluding ortho intramolecular Hbond substituents is 3. The average Bonchev–Trinajstić information content (AvgIpc) is 3.15. The zero-order chi connectivity index (χ0) is 40.3. The van der Waals surface area contributed by atoms with Crippen molar-refractivity contribution in [1.82, 2.24) is 29.9 Å². The zero-order valence-corrected chi connectivity index (χ0v) is 40.0. The Labute approximate surface area is 382 Å². The molecule has 0 atom stereocenters. The second-order valence-corrected chi connectivity index (χ2v) is 18.6. The van der Waals surface area contributed by atoms with E-state index in [9.17, 15) is 15.3 Å². The number of aryl methyl sites for hydroxylation is 2. The highest BCUT2D eigenvalue weighted by atomic mass is 79.9. The smallest absolute Gasteiger partial charge is 0.157 e. The highest BCUT2D eigenvalue weighted by Crippen LogP contribution is 2.38. The molecule has 0 saturated carbocycles. The number of nitrogens with zero attached hydrogens (tertiary/aromatic N) is 6. The first-order valence-corrected chi connectivity index (χ1v) is 21.7. The lowest BCUT2D eigenvalue weighted by molar-refractivity contribution is 0.476. The number of benzene rings is 6. The second kappa shape index (κ2) is 16.5. The van der Waals surface area contributed by atoms with E-state index in [4.69, 9.17) is 34.8 Å². The molecule has 282 valence electrons. The zero-order valence-electron chi connectivity index (χ0n) is 28.2. The number of phenols is 3. The van der Waals surface area contributed by atoms with Gasteiger partial charge in [0, 0.05) is 22.4 Å². The first kappa shape index (κ1) is 41.4. The van der Waals surface area contributed by atoms with Crippen LogP contribution in [0.15, 0.2) is 87.5 Å². The number of aromatic nitrogens is 6. The van der Waals surface area contributed by atoms with Crippen LogP contribution in [-0.2, 0) is 0 Å². The van der Waals surface area contributed by atoms with Crippen LogP contribution in [0, 0.1) is 13.8 Å². The van der Waals surface area contributed by atoms with Gasteiger partial charge in [-0.1, -0.05) is 50.7 Å². The van der Waals surface area contributed by atoms with Crippen LogP contribution in [0.2, 0.25) is 15.1 Å². The minimum absolute atomic E-state index is 0.0996. The van der Waals surface area contributed by atoms with Gasteiger partial charge in [-0.15, -0.1) is 0 Å². The molecule has 6 aromatic carbocycles. The van der Waals surface area contributed by atoms with E-state index in [-0.39, 0.29) is 17.2 Å². The van der Waals surface area contributed by atoms with Crippen molar-refractivity contribution in [2.24, 2.45) is 0 Å². The fraction of sp³-hybridized carbons (Fsp3) is 0.0526. The third-order valence-electron chi connectivity index (χ3n) is 8.30. The van der Waals surface area contributed by atoms with Gasteiger partial charge in [-0.3, -0.25) is 0 Å². The summed E-state index contributed by atoms with van der Waals surface area (Å²) in [5.41, 5.74) is 8.64. The molecule has 9 rings (SSSR count). The van der Waals surface area contributed by atoms with Crippen molar-refractivity contribution in [2.75, 3.05) is 0 Å². The van der Waals surface area contributed by atoms with Crippen LogP contribution < -0.4 is 0 Å². The van der Waals surface area contributed by atoms with Crippen molar-refractivity contribution in [3.63, 3.8) is 0 Å². The van der Waals surface area contributed by atoms with Crippen molar-refractivity contribution < 1.29 is 15.3 Å². The Hall–Kier alpha value is -2.73. The molecule has 3 aromatic heterocycles. The summed E-state index contributed by atoms with van der Waals surface area (Å²) in [5.74, 6) is 0.342. The van der Waals surface area contributed by atoms with Gasteiger partial charge in [-0.25, -0.2) is 29.9 Å². The van der Waals surface area contributed by atoms with E-state index in [0.29, 0.717) is 80.3 Å². The highest BCUT2D eigenvalue weighted by Gasteiger charge is 2.16. The molecule has 0 fully saturated rings. The third kappa shape index (κ3) is 8.13. The summed E-state index contributed by atoms with van der Waals surface area (Å²) in [4.78, 5) is 26.8. The number of fused-ring (bicyclic) bond motifs is 6. The number of halogens is 9. The van der Waals surface area contributed by atoms with Gasteiger partial charge in [0.25, 0.3) is 0 Å². The summed E-state index contributed by atoms with van der Waals surface area (Å²) in [6.07, 6.45) is 0. The molecular formula is C38H19Br6Cl3N6O3. The summed E-state index contributed by atoms with van der Waals surface area (Å²) in [5, 5.41) is 31.5. The Morgan fingerprint density at radius 1 is 0.375 bits per heavy atom. The SMILES string of the molecule is Cc1cc(Br)c2nc3cc(Cl)c(Cl)cc3nc2c1O.Cc1cc(Cl)c2nc3cc(Br)c(Br)cc3nc2c1O.Oc1c(Br)cc(Br)c2nc3ccc(Br)cc3nc12. The van der Waals surface area contributed by atoms with Crippen LogP contribution in [0.4, 0.5) is 0 Å². The lowest BCUT2D eigenvalue weighted by Crippen LogP contribution is -1.91. The normalized spacial score (nSPS) is 11.3. The first-order chi connectivity index (χ1) is 26.5. The van der Waals surface area contributed by atoms with E-state index in [2.05, 4.69) is 125 Å². The predicted octanol–water partition coefficient (Wildman–Crippen LogP) is 14.6. The van der Waals surface area contributed by atoms with Gasteiger partial charge in [0.1, 0.15) is 44.6 Å². The maximum atomic E-state index is 10.1. The van der Waals surface area contributed by atoms with Crippen LogP contribution in [0.5, 0.6) is 17.2 Å². The summed E-state index contributed by atoms with van der Waals surface area (Å²) in [6.45, 7) is 3.59. The van der Waals surface area contributed by atoms with Crippen molar-refractivity contribution in [3.05, 3.63) is 114 Å². The van der Waals surface area contributed by atoms with Crippen LogP contribution in [-0.4, -0.2) is 45.2 Å². The van der Waals surface area contributed by atoms with E-state index in [0.717, 1.165) is 39.0 Å². The molecule has 0 amide bonds. The second-order valence-electron chi connectivity index (χ2n) is 12.1. The minimum atomic E-state index is 0.0996. The molecule has 0 unspecified atom stereocenters. The molecule has 18 heteroatoms. The van der Waals surface area contributed by atoms with E-state index < -0.39 is 0 Å². The fourth-order valence-corrected chi connectivity index (χ4v) is 8.99. The van der Waals surface area contributed by atoms with Crippen LogP contribution in [0.1, 0.15) is 11.1 Å². The van der Waals surface area contributed by atoms with E-state index in [1.54, 1.807) is 44.2 Å². The number of aromatic hydroxyl groups is 3. The Balaban J connectivity index is 0.000000129. The van der Waals surface area contributed by atoms with Crippen molar-refractivity contribution in [3.8, 4) is 17.2 Å². The van der Waals surface area contributed by atoms with Crippen molar-refractivity contribution >= 4 is 197 Å². The quantitative estimate of drug-likeness (QED) is 0.127. The molecule has 0 aliphatic heterocycles. The topological polar surface area (TPSA) is 138 Å². The van der Waals surface area contributed by atoms with Gasteiger partial charge >= 0.3 is 0 Å². The van der Waals surface area contributed by atoms with Gasteiger partial charge in [-0.05, 0) is 165 Å². The van der Waals surface area contributed by atoms with Gasteiger partial charge in [-0.2, -0.15) is 0 Å². The molecule has 0 radical (unpaired) electrons. The molecule has 0 spiro atoms. The summed E-state index contributed by atoms with van der Waals surface area (Å²) in [7, 11) is 0. The number of rotatable bonds is 0. The lowest BCUT2D eigenvalue weighted by Gasteiger charge is -2.08. The molecule has 9 nitrogen and oxygen atoms in total. The Kier molecular flexibility index (Phi) is 12.2. The van der Waals surface area contributed by atoms with Crippen LogP contribution >= 0.6 is 130 Å². The van der Waals surface area contributed by atoms with Crippen LogP contribution in [0.3, 0.4) is 0 Å². The van der Waals surface area contributed by atoms with Crippen molar-refractivity contribution in [1.29, 1.82) is 0 Å². The maximum Gasteiger partial charge on any atom is 0.157 e. The van der Waals surface area contributed by atoms with Crippen LogP contribution in [0.25, 0.3) is 66.2 Å². The number of hydrogen-bond donors (Lipinski definition) is 3. The largest absolute Gasteiger partial charge is 0.505 e. The average molecular weight is 1190 g/mol. The fourth-order valence-electron chi connectivity index (χ4n) is 5.51. The van der Waals surface area contributed by atoms with E-state index >= 15 is 0 Å². The third-order valence-corrected chi connectivity index (χ3v) is 13.5. The number of hydrogen-bond acceptors (Lipinski definition) is 9. The molecule has 9 aromatic rings. The highest BCUT2D eigenvalue weighted by molar-refractivity contribution is 9.13. The van der Waals surface area contributed by atoms with E-state index in [1.165, 1.54) is 0 Å². The van der Waals surface area contributed by atoms with Gasteiger partial charge in [0.05, 0.1) is 52.6 Å². The van der Waals surface area contributed by atoms with Gasteiger partial charge in [0.15, 0.2) is 5.75 Å². The predicted molar refractivity (Wildman–Crippen MR) is 247 cm³/mol. The first-order valence-electron chi connectivity index (χ1n) is 15.8. The monoisotopic (exact) mass is 1190 g/mol.